The fourth-order valence-electron chi connectivity index (χ4n) is 3.92. The van der Waals surface area contributed by atoms with Gasteiger partial charge >= 0.3 is 0 Å². The first-order valence-corrected chi connectivity index (χ1v) is 11.7. The molecule has 0 bridgehead atoms. The van der Waals surface area contributed by atoms with Gasteiger partial charge in [-0.1, -0.05) is 23.8 Å². The number of benzene rings is 2. The number of aryl methyl sites for hydroxylation is 2. The highest BCUT2D eigenvalue weighted by atomic mass is 32.2. The number of amidine groups is 1. The number of amides is 1. The van der Waals surface area contributed by atoms with Crippen LogP contribution in [0.25, 0.3) is 0 Å². The van der Waals surface area contributed by atoms with Gasteiger partial charge in [0.05, 0.1) is 11.4 Å². The lowest BCUT2D eigenvalue weighted by atomic mass is 9.99. The molecular formula is C22H26N4O3S. The van der Waals surface area contributed by atoms with E-state index in [0.29, 0.717) is 24.5 Å². The predicted octanol–water partition coefficient (Wildman–Crippen LogP) is 2.86. The van der Waals surface area contributed by atoms with Gasteiger partial charge in [-0.3, -0.25) is 14.5 Å². The van der Waals surface area contributed by atoms with Crippen molar-refractivity contribution in [2.24, 2.45) is 4.99 Å². The van der Waals surface area contributed by atoms with Gasteiger partial charge in [-0.05, 0) is 56.0 Å². The molecule has 0 unspecified atom stereocenters. The van der Waals surface area contributed by atoms with Crippen molar-refractivity contribution in [3.05, 3.63) is 53.6 Å². The first-order valence-electron chi connectivity index (χ1n) is 10.2. The lowest BCUT2D eigenvalue weighted by molar-refractivity contribution is -0.115. The second-order valence-electron chi connectivity index (χ2n) is 7.77. The Morgan fingerprint density at radius 3 is 2.80 bits per heavy atom. The van der Waals surface area contributed by atoms with E-state index in [4.69, 9.17) is 0 Å². The Morgan fingerprint density at radius 2 is 2.00 bits per heavy atom. The summed E-state index contributed by atoms with van der Waals surface area (Å²) in [6.07, 6.45) is 3.51. The molecule has 0 saturated carbocycles. The molecule has 0 aliphatic carbocycles. The number of hydrogen-bond acceptors (Lipinski definition) is 5. The topological polar surface area (TPSA) is 90.9 Å². The first kappa shape index (κ1) is 20.4. The zero-order valence-electron chi connectivity index (χ0n) is 17.0. The fourth-order valence-corrected chi connectivity index (χ4v) is 5.05. The summed E-state index contributed by atoms with van der Waals surface area (Å²) in [4.78, 5) is 19.0. The highest BCUT2D eigenvalue weighted by Crippen LogP contribution is 2.28. The van der Waals surface area contributed by atoms with Crippen LogP contribution in [0.4, 0.5) is 11.4 Å². The van der Waals surface area contributed by atoms with Crippen molar-refractivity contribution >= 4 is 33.1 Å². The van der Waals surface area contributed by atoms with Crippen molar-refractivity contribution in [2.45, 2.75) is 37.5 Å². The Kier molecular flexibility index (Phi) is 5.76. The summed E-state index contributed by atoms with van der Waals surface area (Å²) in [6.45, 7) is 3.76. The van der Waals surface area contributed by atoms with E-state index in [1.54, 1.807) is 12.1 Å². The maximum atomic E-state index is 12.7. The highest BCUT2D eigenvalue weighted by Gasteiger charge is 2.21. The summed E-state index contributed by atoms with van der Waals surface area (Å²) >= 11 is 0. The van der Waals surface area contributed by atoms with Gasteiger partial charge in [0.25, 0.3) is 10.0 Å². The van der Waals surface area contributed by atoms with E-state index in [1.165, 1.54) is 23.3 Å². The van der Waals surface area contributed by atoms with Crippen LogP contribution in [-0.2, 0) is 21.2 Å². The van der Waals surface area contributed by atoms with Crippen molar-refractivity contribution < 1.29 is 13.2 Å². The largest absolute Gasteiger partial charge is 0.362 e. The molecule has 0 aromatic heterocycles. The monoisotopic (exact) mass is 426 g/mol. The average molecular weight is 427 g/mol. The molecule has 7 nitrogen and oxygen atoms in total. The van der Waals surface area contributed by atoms with Crippen LogP contribution in [0, 0.1) is 6.92 Å². The van der Waals surface area contributed by atoms with E-state index in [0.717, 1.165) is 31.5 Å². The molecule has 2 heterocycles. The molecule has 158 valence electrons. The number of rotatable bonds is 5. The van der Waals surface area contributed by atoms with Crippen molar-refractivity contribution in [1.29, 1.82) is 0 Å². The third-order valence-electron chi connectivity index (χ3n) is 5.34. The average Bonchev–Trinajstić information content (AvgIpc) is 3.20. The van der Waals surface area contributed by atoms with E-state index >= 15 is 0 Å². The molecular weight excluding hydrogens is 400 g/mol. The van der Waals surface area contributed by atoms with Crippen LogP contribution in [0.3, 0.4) is 0 Å². The molecule has 0 saturated heterocycles. The third kappa shape index (κ3) is 4.64. The third-order valence-corrected chi connectivity index (χ3v) is 6.72. The zero-order valence-corrected chi connectivity index (χ0v) is 17.8. The Balaban J connectivity index is 1.44. The number of carbonyl (C=O) groups excluding carboxylic acids is 1. The summed E-state index contributed by atoms with van der Waals surface area (Å²) in [5.41, 5.74) is 4.04. The number of nitrogens with zero attached hydrogens (tertiary/aromatic N) is 2. The van der Waals surface area contributed by atoms with Gasteiger partial charge in [-0.25, -0.2) is 8.42 Å². The van der Waals surface area contributed by atoms with Crippen LogP contribution in [0.15, 0.2) is 52.4 Å². The molecule has 2 N–H and O–H groups in total. The number of sulfonamides is 1. The van der Waals surface area contributed by atoms with Gasteiger partial charge in [0, 0.05) is 30.9 Å². The van der Waals surface area contributed by atoms with E-state index < -0.39 is 10.0 Å². The molecule has 4 rings (SSSR count). The van der Waals surface area contributed by atoms with E-state index in [-0.39, 0.29) is 17.3 Å². The summed E-state index contributed by atoms with van der Waals surface area (Å²) in [6, 6.07) is 12.6. The minimum atomic E-state index is -3.72. The Bertz CT molecular complexity index is 1100. The lowest BCUT2D eigenvalue weighted by Crippen LogP contribution is -2.36. The molecule has 30 heavy (non-hydrogen) atoms. The Hall–Kier alpha value is -2.87. The second kappa shape index (κ2) is 8.47. The normalized spacial score (nSPS) is 16.0. The summed E-state index contributed by atoms with van der Waals surface area (Å²) < 4.78 is 27.7. The number of nitrogens with one attached hydrogen (secondary N) is 2. The molecule has 2 aromatic carbocycles. The number of hydrogen-bond donors (Lipinski definition) is 2. The lowest BCUT2D eigenvalue weighted by Gasteiger charge is -2.31. The van der Waals surface area contributed by atoms with Crippen molar-refractivity contribution in [3.8, 4) is 0 Å². The predicted molar refractivity (Wildman–Crippen MR) is 119 cm³/mol. The molecule has 0 fully saturated rings. The number of carbonyl (C=O) groups is 1. The van der Waals surface area contributed by atoms with Crippen molar-refractivity contribution in [1.82, 2.24) is 4.72 Å². The summed E-state index contributed by atoms with van der Waals surface area (Å²) in [5, 5.41) is 2.83. The van der Waals surface area contributed by atoms with Gasteiger partial charge in [0.2, 0.25) is 5.91 Å². The minimum absolute atomic E-state index is 0.105. The highest BCUT2D eigenvalue weighted by molar-refractivity contribution is 7.90. The van der Waals surface area contributed by atoms with Crippen LogP contribution < -0.4 is 14.9 Å². The fraction of sp³-hybridized carbons (Fsp3) is 0.364. The Morgan fingerprint density at radius 1 is 1.13 bits per heavy atom. The van der Waals surface area contributed by atoms with E-state index in [1.807, 2.05) is 0 Å². The van der Waals surface area contributed by atoms with Crippen LogP contribution in [0.2, 0.25) is 0 Å². The van der Waals surface area contributed by atoms with Gasteiger partial charge in [0.1, 0.15) is 5.84 Å². The van der Waals surface area contributed by atoms with Crippen molar-refractivity contribution in [3.63, 3.8) is 0 Å². The quantitative estimate of drug-likeness (QED) is 0.769. The number of fused-ring (bicyclic) bond motifs is 1. The van der Waals surface area contributed by atoms with Gasteiger partial charge in [0.15, 0.2) is 0 Å². The standard InChI is InChI=1S/C22H26N4O3S/c1-16-9-10-20-17(13-16)5-4-12-26(20)15-22(27)24-18-6-2-7-19(14-18)30(28,29)25-21-8-3-11-23-21/h2,6-7,9-10,13-14H,3-5,8,11-12,15H2,1H3,(H,23,25)(H,24,27). The molecule has 1 amide bonds. The van der Waals surface area contributed by atoms with Gasteiger partial charge in [-0.2, -0.15) is 0 Å². The molecule has 8 heteroatoms. The minimum Gasteiger partial charge on any atom is -0.362 e. The van der Waals surface area contributed by atoms with Gasteiger partial charge < -0.3 is 10.2 Å². The molecule has 0 spiro atoms. The summed E-state index contributed by atoms with van der Waals surface area (Å²) in [7, 11) is -3.72. The van der Waals surface area contributed by atoms with Crippen LogP contribution in [-0.4, -0.2) is 39.8 Å². The maximum Gasteiger partial charge on any atom is 0.262 e. The SMILES string of the molecule is Cc1ccc2c(c1)CCCN2CC(=O)Nc1cccc(S(=O)(=O)NC2=NCCC2)c1. The maximum absolute atomic E-state index is 12.7. The summed E-state index contributed by atoms with van der Waals surface area (Å²) in [5.74, 6) is 0.314. The smallest absolute Gasteiger partial charge is 0.262 e. The van der Waals surface area contributed by atoms with Crippen LogP contribution >= 0.6 is 0 Å². The molecule has 2 aliphatic heterocycles. The van der Waals surface area contributed by atoms with Crippen LogP contribution in [0.5, 0.6) is 0 Å². The zero-order chi connectivity index (χ0) is 21.1. The van der Waals surface area contributed by atoms with Gasteiger partial charge in [-0.15, -0.1) is 0 Å². The molecule has 2 aromatic rings. The van der Waals surface area contributed by atoms with Crippen molar-refractivity contribution in [2.75, 3.05) is 29.9 Å². The number of anilines is 2. The molecule has 2 aliphatic rings. The van der Waals surface area contributed by atoms with E-state index in [9.17, 15) is 13.2 Å². The number of aliphatic imine (C=N–C) groups is 1. The van der Waals surface area contributed by atoms with E-state index in [2.05, 4.69) is 45.1 Å². The molecule has 0 atom stereocenters. The second-order valence-corrected chi connectivity index (χ2v) is 9.45. The first-order chi connectivity index (χ1) is 14.4. The Labute approximate surface area is 177 Å². The molecule has 0 radical (unpaired) electrons. The van der Waals surface area contributed by atoms with Crippen LogP contribution in [0.1, 0.15) is 30.4 Å².